The van der Waals surface area contributed by atoms with Crippen molar-refractivity contribution in [3.63, 3.8) is 0 Å². The molecule has 1 aliphatic rings. The minimum Gasteiger partial charge on any atom is -0.383 e. The molecule has 1 aromatic carbocycles. The van der Waals surface area contributed by atoms with Gasteiger partial charge in [0.15, 0.2) is 5.82 Å². The molecular formula is C21H29N7O4S. The lowest BCUT2D eigenvalue weighted by Crippen LogP contribution is -2.47. The van der Waals surface area contributed by atoms with Crippen LogP contribution in [0.3, 0.4) is 0 Å². The molecule has 12 heteroatoms. The molecule has 0 bridgehead atoms. The summed E-state index contributed by atoms with van der Waals surface area (Å²) in [6, 6.07) is 8.45. The van der Waals surface area contributed by atoms with Gasteiger partial charge in [-0.2, -0.15) is 10.2 Å². The Balaban J connectivity index is 1.68. The average Bonchev–Trinajstić information content (AvgIpc) is 2.83. The molecule has 0 radical (unpaired) electrons. The number of methoxy groups -OCH3 is 2. The number of rotatable bonds is 11. The molecule has 0 amide bonds. The molecule has 1 aromatic heterocycles. The Morgan fingerprint density at radius 3 is 2.42 bits per heavy atom. The van der Waals surface area contributed by atoms with Crippen LogP contribution in [-0.2, 0) is 19.5 Å². The summed E-state index contributed by atoms with van der Waals surface area (Å²) in [6.07, 6.45) is 1.50. The van der Waals surface area contributed by atoms with Gasteiger partial charge in [-0.05, 0) is 24.3 Å². The number of anilines is 3. The number of aromatic nitrogens is 2. The zero-order valence-electron chi connectivity index (χ0n) is 18.8. The fourth-order valence-electron chi connectivity index (χ4n) is 3.36. The van der Waals surface area contributed by atoms with E-state index in [4.69, 9.17) is 9.47 Å². The van der Waals surface area contributed by atoms with Crippen LogP contribution in [0.1, 0.15) is 5.56 Å². The Hall–Kier alpha value is -2.82. The van der Waals surface area contributed by atoms with Crippen LogP contribution in [0.25, 0.3) is 0 Å². The van der Waals surface area contributed by atoms with Crippen LogP contribution in [0.15, 0.2) is 35.4 Å². The first-order valence-electron chi connectivity index (χ1n) is 10.6. The lowest BCUT2D eigenvalue weighted by atomic mass is 10.2. The Morgan fingerprint density at radius 2 is 1.79 bits per heavy atom. The second-order valence-electron chi connectivity index (χ2n) is 7.40. The van der Waals surface area contributed by atoms with Gasteiger partial charge >= 0.3 is 0 Å². The van der Waals surface area contributed by atoms with Crippen molar-refractivity contribution < 1.29 is 17.9 Å². The molecule has 0 unspecified atom stereocenters. The highest BCUT2D eigenvalue weighted by Crippen LogP contribution is 2.22. The lowest BCUT2D eigenvalue weighted by molar-refractivity contribution is 0.144. The maximum Gasteiger partial charge on any atom is 0.240 e. The number of piperazine rings is 1. The number of hydrogen-bond donors (Lipinski definition) is 2. The topological polar surface area (TPSA) is 133 Å². The standard InChI is InChI=1S/C21H29N7O4S/c1-31-13-7-24-33(29,30)19-5-3-18(4-6-19)25-21-23-16-17(15-22)20(26-21)28-10-8-27(9-11-28)12-14-32-2/h3-6,16,24H,7-14H2,1-2H3,(H,23,25,26). The summed E-state index contributed by atoms with van der Waals surface area (Å²) in [5.41, 5.74) is 1.04. The highest BCUT2D eigenvalue weighted by atomic mass is 32.2. The molecule has 0 spiro atoms. The molecule has 11 nitrogen and oxygen atoms in total. The van der Waals surface area contributed by atoms with Crippen LogP contribution >= 0.6 is 0 Å². The van der Waals surface area contributed by atoms with Gasteiger partial charge in [0.2, 0.25) is 16.0 Å². The fourth-order valence-corrected chi connectivity index (χ4v) is 4.38. The molecule has 0 atom stereocenters. The lowest BCUT2D eigenvalue weighted by Gasteiger charge is -2.35. The van der Waals surface area contributed by atoms with E-state index in [1.165, 1.54) is 25.4 Å². The molecule has 178 valence electrons. The minimum absolute atomic E-state index is 0.150. The SMILES string of the molecule is COCCNS(=O)(=O)c1ccc(Nc2ncc(C#N)c(N3CCN(CCOC)CC3)n2)cc1. The van der Waals surface area contributed by atoms with E-state index < -0.39 is 10.0 Å². The van der Waals surface area contributed by atoms with Gasteiger partial charge in [-0.1, -0.05) is 0 Å². The zero-order valence-corrected chi connectivity index (χ0v) is 19.6. The maximum atomic E-state index is 12.3. The summed E-state index contributed by atoms with van der Waals surface area (Å²) in [6.45, 7) is 5.26. The van der Waals surface area contributed by atoms with Crippen LogP contribution in [0.4, 0.5) is 17.5 Å². The molecule has 2 heterocycles. The van der Waals surface area contributed by atoms with Gasteiger partial charge in [-0.3, -0.25) is 4.90 Å². The van der Waals surface area contributed by atoms with Gasteiger partial charge < -0.3 is 19.7 Å². The number of benzene rings is 1. The van der Waals surface area contributed by atoms with Crippen LogP contribution in [-0.4, -0.2) is 90.0 Å². The first-order valence-corrected chi connectivity index (χ1v) is 12.0. The monoisotopic (exact) mass is 475 g/mol. The van der Waals surface area contributed by atoms with Crippen molar-refractivity contribution in [2.75, 3.05) is 76.9 Å². The van der Waals surface area contributed by atoms with Gasteiger partial charge in [0.1, 0.15) is 11.6 Å². The smallest absolute Gasteiger partial charge is 0.240 e. The summed E-state index contributed by atoms with van der Waals surface area (Å²) in [5.74, 6) is 0.919. The van der Waals surface area contributed by atoms with Crippen molar-refractivity contribution >= 4 is 27.5 Å². The molecular weight excluding hydrogens is 446 g/mol. The van der Waals surface area contributed by atoms with Gasteiger partial charge in [0.25, 0.3) is 0 Å². The third-order valence-corrected chi connectivity index (χ3v) is 6.67. The quantitative estimate of drug-likeness (QED) is 0.449. The summed E-state index contributed by atoms with van der Waals surface area (Å²) in [4.78, 5) is 13.3. The van der Waals surface area contributed by atoms with Crippen LogP contribution in [0.2, 0.25) is 0 Å². The first-order chi connectivity index (χ1) is 16.0. The van der Waals surface area contributed by atoms with Crippen LogP contribution in [0, 0.1) is 11.3 Å². The molecule has 0 saturated carbocycles. The molecule has 1 fully saturated rings. The predicted molar refractivity (Wildman–Crippen MR) is 124 cm³/mol. The Labute approximate surface area is 194 Å². The number of nitrogens with one attached hydrogen (secondary N) is 2. The van der Waals surface area contributed by atoms with E-state index in [1.54, 1.807) is 19.2 Å². The van der Waals surface area contributed by atoms with Crippen molar-refractivity contribution in [3.8, 4) is 6.07 Å². The van der Waals surface area contributed by atoms with E-state index in [2.05, 4.69) is 35.9 Å². The van der Waals surface area contributed by atoms with Crippen molar-refractivity contribution in [1.29, 1.82) is 5.26 Å². The summed E-state index contributed by atoms with van der Waals surface area (Å²) >= 11 is 0. The molecule has 33 heavy (non-hydrogen) atoms. The average molecular weight is 476 g/mol. The maximum absolute atomic E-state index is 12.3. The summed E-state index contributed by atoms with van der Waals surface area (Å²) in [7, 11) is -0.406. The molecule has 2 N–H and O–H groups in total. The van der Waals surface area contributed by atoms with Crippen molar-refractivity contribution in [3.05, 3.63) is 36.0 Å². The minimum atomic E-state index is -3.61. The normalized spacial score (nSPS) is 14.8. The first kappa shape index (κ1) is 24.8. The summed E-state index contributed by atoms with van der Waals surface area (Å²) < 4.78 is 37.1. The van der Waals surface area contributed by atoms with E-state index >= 15 is 0 Å². The van der Waals surface area contributed by atoms with E-state index in [9.17, 15) is 13.7 Å². The molecule has 1 aliphatic heterocycles. The number of sulfonamides is 1. The third kappa shape index (κ3) is 6.83. The Morgan fingerprint density at radius 1 is 1.09 bits per heavy atom. The number of ether oxygens (including phenoxy) is 2. The largest absolute Gasteiger partial charge is 0.383 e. The number of nitriles is 1. The van der Waals surface area contributed by atoms with Crippen molar-refractivity contribution in [1.82, 2.24) is 19.6 Å². The van der Waals surface area contributed by atoms with E-state index in [0.717, 1.165) is 32.7 Å². The van der Waals surface area contributed by atoms with E-state index in [-0.39, 0.29) is 11.4 Å². The van der Waals surface area contributed by atoms with E-state index in [0.29, 0.717) is 36.2 Å². The molecule has 2 aromatic rings. The summed E-state index contributed by atoms with van der Waals surface area (Å²) in [5, 5.41) is 12.6. The third-order valence-electron chi connectivity index (χ3n) is 5.19. The fraction of sp³-hybridized carbons (Fsp3) is 0.476. The van der Waals surface area contributed by atoms with Crippen LogP contribution < -0.4 is 14.9 Å². The highest BCUT2D eigenvalue weighted by molar-refractivity contribution is 7.89. The van der Waals surface area contributed by atoms with Gasteiger partial charge in [0, 0.05) is 59.2 Å². The van der Waals surface area contributed by atoms with E-state index in [1.807, 2.05) is 0 Å². The van der Waals surface area contributed by atoms with Gasteiger partial charge in [0.05, 0.1) is 24.3 Å². The Bertz CT molecular complexity index is 1050. The number of hydrogen-bond acceptors (Lipinski definition) is 10. The molecule has 0 aliphatic carbocycles. The van der Waals surface area contributed by atoms with Crippen molar-refractivity contribution in [2.45, 2.75) is 4.90 Å². The molecule has 3 rings (SSSR count). The van der Waals surface area contributed by atoms with Crippen LogP contribution in [0.5, 0.6) is 0 Å². The predicted octanol–water partition coefficient (Wildman–Crippen LogP) is 0.785. The van der Waals surface area contributed by atoms with Gasteiger partial charge in [-0.25, -0.2) is 18.1 Å². The van der Waals surface area contributed by atoms with Crippen molar-refractivity contribution in [2.24, 2.45) is 0 Å². The molecule has 1 saturated heterocycles. The number of nitrogens with zero attached hydrogens (tertiary/aromatic N) is 5. The highest BCUT2D eigenvalue weighted by Gasteiger charge is 2.21. The Kier molecular flexibility index (Phi) is 8.93. The van der Waals surface area contributed by atoms with Gasteiger partial charge in [-0.15, -0.1) is 0 Å². The zero-order chi connectivity index (χ0) is 23.7. The second-order valence-corrected chi connectivity index (χ2v) is 9.17. The second kappa shape index (κ2) is 11.9.